The Kier molecular flexibility index (Phi) is 2.63. The Morgan fingerprint density at radius 2 is 2.33 bits per heavy atom. The molecule has 80 valence electrons. The lowest BCUT2D eigenvalue weighted by Gasteiger charge is -1.90. The van der Waals surface area contributed by atoms with Crippen LogP contribution in [0.4, 0.5) is 0 Å². The molecule has 15 heavy (non-hydrogen) atoms. The molecular formula is C8H10N4O2S. The van der Waals surface area contributed by atoms with Gasteiger partial charge in [0.25, 0.3) is 0 Å². The van der Waals surface area contributed by atoms with E-state index in [1.807, 2.05) is 6.92 Å². The fourth-order valence-electron chi connectivity index (χ4n) is 1.28. The lowest BCUT2D eigenvalue weighted by molar-refractivity contribution is -0.136. The van der Waals surface area contributed by atoms with Gasteiger partial charge in [0, 0.05) is 6.42 Å². The largest absolute Gasteiger partial charge is 0.481 e. The van der Waals surface area contributed by atoms with E-state index in [9.17, 15) is 4.79 Å². The van der Waals surface area contributed by atoms with Gasteiger partial charge < -0.3 is 5.11 Å². The van der Waals surface area contributed by atoms with E-state index in [1.54, 1.807) is 4.52 Å². The molecule has 0 fully saturated rings. The highest BCUT2D eigenvalue weighted by molar-refractivity contribution is 7.16. The highest BCUT2D eigenvalue weighted by Gasteiger charge is 2.12. The lowest BCUT2D eigenvalue weighted by atomic mass is 10.3. The van der Waals surface area contributed by atoms with Crippen LogP contribution in [0.2, 0.25) is 0 Å². The maximum atomic E-state index is 10.5. The lowest BCUT2D eigenvalue weighted by Crippen LogP contribution is -2.01. The van der Waals surface area contributed by atoms with Gasteiger partial charge >= 0.3 is 5.97 Å². The van der Waals surface area contributed by atoms with Crippen LogP contribution in [0.3, 0.4) is 0 Å². The SMILES string of the molecule is CCCc1nnc2sc(CC(=O)O)nn12. The minimum atomic E-state index is -0.878. The van der Waals surface area contributed by atoms with Crippen molar-refractivity contribution >= 4 is 22.3 Å². The number of hydrogen-bond donors (Lipinski definition) is 1. The quantitative estimate of drug-likeness (QED) is 0.832. The van der Waals surface area contributed by atoms with Crippen molar-refractivity contribution in [1.82, 2.24) is 19.8 Å². The van der Waals surface area contributed by atoms with Gasteiger partial charge in [0.2, 0.25) is 4.96 Å². The third-order valence-corrected chi connectivity index (χ3v) is 2.77. The van der Waals surface area contributed by atoms with Gasteiger partial charge in [0.15, 0.2) is 5.82 Å². The number of aliphatic carboxylic acids is 1. The number of carboxylic acid groups (broad SMARTS) is 1. The highest BCUT2D eigenvalue weighted by atomic mass is 32.1. The van der Waals surface area contributed by atoms with Gasteiger partial charge in [-0.1, -0.05) is 18.3 Å². The summed E-state index contributed by atoms with van der Waals surface area (Å²) >= 11 is 1.27. The maximum Gasteiger partial charge on any atom is 0.310 e. The van der Waals surface area contributed by atoms with Crippen LogP contribution < -0.4 is 0 Å². The van der Waals surface area contributed by atoms with Crippen LogP contribution >= 0.6 is 11.3 Å². The molecule has 0 radical (unpaired) electrons. The third-order valence-electron chi connectivity index (χ3n) is 1.87. The normalized spacial score (nSPS) is 11.0. The topological polar surface area (TPSA) is 80.4 Å². The second-order valence-corrected chi connectivity index (χ2v) is 4.17. The van der Waals surface area contributed by atoms with Crippen molar-refractivity contribution in [3.05, 3.63) is 10.8 Å². The van der Waals surface area contributed by atoms with Crippen LogP contribution in [-0.4, -0.2) is 30.9 Å². The number of aryl methyl sites for hydroxylation is 1. The predicted molar refractivity (Wildman–Crippen MR) is 54.0 cm³/mol. The summed E-state index contributed by atoms with van der Waals surface area (Å²) in [7, 11) is 0. The first kappa shape index (κ1) is 10.0. The number of hydrogen-bond acceptors (Lipinski definition) is 5. The first-order valence-corrected chi connectivity index (χ1v) is 5.44. The van der Waals surface area contributed by atoms with Crippen LogP contribution in [-0.2, 0) is 17.6 Å². The van der Waals surface area contributed by atoms with Crippen LogP contribution in [0, 0.1) is 0 Å². The van der Waals surface area contributed by atoms with Crippen LogP contribution in [0.25, 0.3) is 4.96 Å². The van der Waals surface area contributed by atoms with E-state index in [0.29, 0.717) is 9.97 Å². The molecule has 0 atom stereocenters. The van der Waals surface area contributed by atoms with E-state index in [4.69, 9.17) is 5.11 Å². The average molecular weight is 226 g/mol. The fourth-order valence-corrected chi connectivity index (χ4v) is 2.12. The van der Waals surface area contributed by atoms with Gasteiger partial charge in [-0.25, -0.2) is 0 Å². The van der Waals surface area contributed by atoms with E-state index in [2.05, 4.69) is 15.3 Å². The highest BCUT2D eigenvalue weighted by Crippen LogP contribution is 2.15. The number of fused-ring (bicyclic) bond motifs is 1. The molecule has 0 spiro atoms. The summed E-state index contributed by atoms with van der Waals surface area (Å²) in [6.07, 6.45) is 1.71. The summed E-state index contributed by atoms with van der Waals surface area (Å²) in [6, 6.07) is 0. The molecule has 2 rings (SSSR count). The summed E-state index contributed by atoms with van der Waals surface area (Å²) < 4.78 is 1.63. The number of rotatable bonds is 4. The monoisotopic (exact) mass is 226 g/mol. The Labute approximate surface area is 89.6 Å². The molecule has 0 aliphatic rings. The van der Waals surface area contributed by atoms with Crippen molar-refractivity contribution < 1.29 is 9.90 Å². The summed E-state index contributed by atoms with van der Waals surface area (Å²) in [5.41, 5.74) is 0. The van der Waals surface area contributed by atoms with Crippen molar-refractivity contribution in [2.24, 2.45) is 0 Å². The first-order chi connectivity index (χ1) is 7.20. The van der Waals surface area contributed by atoms with Crippen molar-refractivity contribution in [3.63, 3.8) is 0 Å². The predicted octanol–water partition coefficient (Wildman–Crippen LogP) is 0.765. The van der Waals surface area contributed by atoms with Gasteiger partial charge in [-0.3, -0.25) is 4.79 Å². The molecular weight excluding hydrogens is 216 g/mol. The van der Waals surface area contributed by atoms with Gasteiger partial charge in [-0.15, -0.1) is 10.2 Å². The fraction of sp³-hybridized carbons (Fsp3) is 0.500. The smallest absolute Gasteiger partial charge is 0.310 e. The molecule has 0 aromatic carbocycles. The molecule has 0 saturated heterocycles. The van der Waals surface area contributed by atoms with E-state index < -0.39 is 5.97 Å². The van der Waals surface area contributed by atoms with E-state index in [0.717, 1.165) is 18.7 Å². The molecule has 0 bridgehead atoms. The van der Waals surface area contributed by atoms with Crippen molar-refractivity contribution in [2.45, 2.75) is 26.2 Å². The summed E-state index contributed by atoms with van der Waals surface area (Å²) in [4.78, 5) is 11.2. The molecule has 2 aromatic heterocycles. The molecule has 7 heteroatoms. The molecule has 0 aliphatic heterocycles. The van der Waals surface area contributed by atoms with Crippen molar-refractivity contribution in [3.8, 4) is 0 Å². The molecule has 0 unspecified atom stereocenters. The number of carbonyl (C=O) groups is 1. The first-order valence-electron chi connectivity index (χ1n) is 4.62. The van der Waals surface area contributed by atoms with Gasteiger partial charge in [0.05, 0.1) is 6.42 Å². The van der Waals surface area contributed by atoms with Crippen molar-refractivity contribution in [1.29, 1.82) is 0 Å². The summed E-state index contributed by atoms with van der Waals surface area (Å²) in [5, 5.41) is 21.3. The van der Waals surface area contributed by atoms with Crippen molar-refractivity contribution in [2.75, 3.05) is 0 Å². The molecule has 6 nitrogen and oxygen atoms in total. The minimum Gasteiger partial charge on any atom is -0.481 e. The van der Waals surface area contributed by atoms with Crippen LogP contribution in [0.5, 0.6) is 0 Å². The minimum absolute atomic E-state index is 0.0560. The van der Waals surface area contributed by atoms with E-state index >= 15 is 0 Å². The standard InChI is InChI=1S/C8H10N4O2S/c1-2-3-5-9-10-8-12(5)11-6(15-8)4-7(13)14/h2-4H2,1H3,(H,13,14). The molecule has 0 saturated carbocycles. The van der Waals surface area contributed by atoms with Gasteiger partial charge in [-0.05, 0) is 6.42 Å². The Bertz CT molecular complexity index is 490. The van der Waals surface area contributed by atoms with Gasteiger partial charge in [-0.2, -0.15) is 9.61 Å². The number of carboxylic acids is 1. The second kappa shape index (κ2) is 3.93. The molecule has 2 heterocycles. The Balaban J connectivity index is 2.34. The molecule has 2 aromatic rings. The Hall–Kier alpha value is -1.50. The Morgan fingerprint density at radius 3 is 3.00 bits per heavy atom. The van der Waals surface area contributed by atoms with E-state index in [1.165, 1.54) is 11.3 Å². The molecule has 0 aliphatic carbocycles. The maximum absolute atomic E-state index is 10.5. The van der Waals surface area contributed by atoms with E-state index in [-0.39, 0.29) is 6.42 Å². The molecule has 1 N–H and O–H groups in total. The molecule has 0 amide bonds. The second-order valence-electron chi connectivity index (χ2n) is 3.13. The van der Waals surface area contributed by atoms with Crippen LogP contribution in [0.1, 0.15) is 24.2 Å². The average Bonchev–Trinajstić information content (AvgIpc) is 2.67. The van der Waals surface area contributed by atoms with Gasteiger partial charge in [0.1, 0.15) is 5.01 Å². The number of nitrogens with zero attached hydrogens (tertiary/aromatic N) is 4. The van der Waals surface area contributed by atoms with Crippen LogP contribution in [0.15, 0.2) is 0 Å². The third kappa shape index (κ3) is 1.96. The Morgan fingerprint density at radius 1 is 1.53 bits per heavy atom. The zero-order valence-corrected chi connectivity index (χ0v) is 8.99. The zero-order valence-electron chi connectivity index (χ0n) is 8.17. The summed E-state index contributed by atoms with van der Waals surface area (Å²) in [6.45, 7) is 2.05. The zero-order chi connectivity index (χ0) is 10.8. The summed E-state index contributed by atoms with van der Waals surface area (Å²) in [5.74, 6) is -0.0857. The number of aromatic nitrogens is 4.